The number of nitrogens with zero attached hydrogens (tertiary/aromatic N) is 5. The van der Waals surface area contributed by atoms with Crippen LogP contribution in [0.25, 0.3) is 11.0 Å². The minimum absolute atomic E-state index is 0.0375. The van der Waals surface area contributed by atoms with Gasteiger partial charge in [-0.15, -0.1) is 5.10 Å². The Morgan fingerprint density at radius 2 is 2.21 bits per heavy atom. The summed E-state index contributed by atoms with van der Waals surface area (Å²) in [6.45, 7) is 1.40. The summed E-state index contributed by atoms with van der Waals surface area (Å²) < 4.78 is 3.25. The van der Waals surface area contributed by atoms with Gasteiger partial charge in [0.1, 0.15) is 6.54 Å². The molecular weight excluding hydrogens is 308 g/mol. The van der Waals surface area contributed by atoms with Crippen molar-refractivity contribution in [2.75, 3.05) is 6.54 Å². The van der Waals surface area contributed by atoms with E-state index in [2.05, 4.69) is 15.3 Å². The molecule has 0 spiro atoms. The third kappa shape index (κ3) is 2.60. The molecule has 1 amide bonds. The smallest absolute Gasteiger partial charge is 0.326 e. The van der Waals surface area contributed by atoms with Crippen LogP contribution in [-0.4, -0.2) is 47.9 Å². The molecule has 4 rings (SSSR count). The van der Waals surface area contributed by atoms with Gasteiger partial charge < -0.3 is 9.88 Å². The summed E-state index contributed by atoms with van der Waals surface area (Å²) in [5, 5.41) is 7.77. The molecule has 1 fully saturated rings. The Morgan fingerprint density at radius 1 is 1.33 bits per heavy atom. The van der Waals surface area contributed by atoms with Crippen LogP contribution in [0.2, 0.25) is 0 Å². The first kappa shape index (κ1) is 14.7. The maximum atomic E-state index is 12.8. The largest absolute Gasteiger partial charge is 0.336 e. The summed E-state index contributed by atoms with van der Waals surface area (Å²) in [6, 6.07) is 7.50. The molecule has 0 saturated carbocycles. The molecule has 3 heterocycles. The van der Waals surface area contributed by atoms with Gasteiger partial charge in [0, 0.05) is 12.7 Å². The third-order valence-corrected chi connectivity index (χ3v) is 4.54. The van der Waals surface area contributed by atoms with Crippen molar-refractivity contribution in [2.24, 2.45) is 0 Å². The predicted octanol–water partition coefficient (Wildman–Crippen LogP) is 0.612. The van der Waals surface area contributed by atoms with Crippen LogP contribution in [0.3, 0.4) is 0 Å². The second-order valence-corrected chi connectivity index (χ2v) is 6.04. The molecule has 8 heteroatoms. The first-order chi connectivity index (χ1) is 11.7. The minimum Gasteiger partial charge on any atom is -0.336 e. The molecule has 0 unspecified atom stereocenters. The Kier molecular flexibility index (Phi) is 3.64. The van der Waals surface area contributed by atoms with Gasteiger partial charge in [0.05, 0.1) is 29.8 Å². The van der Waals surface area contributed by atoms with Gasteiger partial charge in [-0.05, 0) is 25.0 Å². The van der Waals surface area contributed by atoms with E-state index in [-0.39, 0.29) is 24.2 Å². The van der Waals surface area contributed by atoms with E-state index >= 15 is 0 Å². The number of carbonyl (C=O) groups is 1. The molecule has 2 aromatic heterocycles. The summed E-state index contributed by atoms with van der Waals surface area (Å²) >= 11 is 0. The summed E-state index contributed by atoms with van der Waals surface area (Å²) in [6.07, 6.45) is 5.33. The normalized spacial score (nSPS) is 17.7. The van der Waals surface area contributed by atoms with Crippen molar-refractivity contribution in [3.05, 3.63) is 47.1 Å². The summed E-state index contributed by atoms with van der Waals surface area (Å²) in [7, 11) is 0. The van der Waals surface area contributed by atoms with Gasteiger partial charge in [0.15, 0.2) is 0 Å². The van der Waals surface area contributed by atoms with Crippen LogP contribution in [0.1, 0.15) is 12.8 Å². The molecule has 24 heavy (non-hydrogen) atoms. The lowest BCUT2D eigenvalue weighted by Gasteiger charge is -2.24. The molecular formula is C16H18N6O2. The zero-order valence-corrected chi connectivity index (χ0v) is 13.1. The molecule has 0 radical (unpaired) electrons. The highest BCUT2D eigenvalue weighted by molar-refractivity contribution is 5.80. The fraction of sp³-hybridized carbons (Fsp3) is 0.375. The van der Waals surface area contributed by atoms with Crippen LogP contribution in [0.15, 0.2) is 41.5 Å². The molecule has 1 aliphatic rings. The van der Waals surface area contributed by atoms with Crippen LogP contribution in [0.5, 0.6) is 0 Å². The highest BCUT2D eigenvalue weighted by Gasteiger charge is 2.29. The average molecular weight is 326 g/mol. The first-order valence-corrected chi connectivity index (χ1v) is 8.03. The Balaban J connectivity index is 1.54. The number of rotatable bonds is 4. The van der Waals surface area contributed by atoms with E-state index in [0.29, 0.717) is 6.54 Å². The monoisotopic (exact) mass is 326 g/mol. The second-order valence-electron chi connectivity index (χ2n) is 6.04. The van der Waals surface area contributed by atoms with Gasteiger partial charge in [-0.3, -0.25) is 14.0 Å². The fourth-order valence-electron chi connectivity index (χ4n) is 3.39. The minimum atomic E-state index is -0.253. The van der Waals surface area contributed by atoms with Gasteiger partial charge in [0.25, 0.3) is 0 Å². The number of fused-ring (bicyclic) bond motifs is 1. The first-order valence-electron chi connectivity index (χ1n) is 8.03. The van der Waals surface area contributed by atoms with Gasteiger partial charge in [-0.2, -0.15) is 0 Å². The Morgan fingerprint density at radius 3 is 3.04 bits per heavy atom. The van der Waals surface area contributed by atoms with Gasteiger partial charge in [0.2, 0.25) is 5.91 Å². The number of amides is 1. The van der Waals surface area contributed by atoms with E-state index in [1.807, 2.05) is 29.2 Å². The summed E-state index contributed by atoms with van der Waals surface area (Å²) in [5.41, 5.74) is 1.25. The third-order valence-electron chi connectivity index (χ3n) is 4.54. The van der Waals surface area contributed by atoms with Crippen molar-refractivity contribution in [3.63, 3.8) is 0 Å². The lowest BCUT2D eigenvalue weighted by atomic mass is 10.2. The van der Waals surface area contributed by atoms with Crippen molar-refractivity contribution >= 4 is 16.9 Å². The van der Waals surface area contributed by atoms with Gasteiger partial charge in [-0.1, -0.05) is 17.3 Å². The second kappa shape index (κ2) is 5.95. The van der Waals surface area contributed by atoms with Crippen LogP contribution in [-0.2, 0) is 17.9 Å². The molecule has 1 atom stereocenters. The quantitative estimate of drug-likeness (QED) is 0.761. The Hall–Kier alpha value is -2.90. The molecule has 1 aliphatic heterocycles. The molecule has 0 aliphatic carbocycles. The van der Waals surface area contributed by atoms with Crippen molar-refractivity contribution in [2.45, 2.75) is 32.0 Å². The van der Waals surface area contributed by atoms with E-state index in [0.717, 1.165) is 30.4 Å². The zero-order chi connectivity index (χ0) is 16.5. The molecule has 0 bridgehead atoms. The van der Waals surface area contributed by atoms with Crippen molar-refractivity contribution in [3.8, 4) is 0 Å². The van der Waals surface area contributed by atoms with E-state index in [1.54, 1.807) is 17.1 Å². The number of carbonyl (C=O) groups excluding carboxylic acids is 1. The Labute approximate surface area is 137 Å². The van der Waals surface area contributed by atoms with Crippen LogP contribution in [0, 0.1) is 0 Å². The van der Waals surface area contributed by atoms with Crippen molar-refractivity contribution in [1.82, 2.24) is 29.4 Å². The maximum Gasteiger partial charge on any atom is 0.326 e. The number of nitrogens with one attached hydrogen (secondary N) is 1. The van der Waals surface area contributed by atoms with Crippen molar-refractivity contribution < 1.29 is 4.79 Å². The van der Waals surface area contributed by atoms with Crippen molar-refractivity contribution in [1.29, 1.82) is 0 Å². The van der Waals surface area contributed by atoms with Crippen LogP contribution >= 0.6 is 0 Å². The number of para-hydroxylation sites is 2. The number of aromatic nitrogens is 5. The number of benzene rings is 1. The van der Waals surface area contributed by atoms with E-state index in [9.17, 15) is 9.59 Å². The Bertz CT molecular complexity index is 910. The molecule has 124 valence electrons. The molecule has 1 saturated heterocycles. The lowest BCUT2D eigenvalue weighted by Crippen LogP contribution is -2.41. The standard InChI is InChI=1S/C16H18N6O2/c23-15(11-22-14-6-2-1-5-13(14)18-16(22)24)21-8-3-4-12(21)10-20-9-7-17-19-20/h1-2,5-7,9,12H,3-4,8,10-11H2,(H,18,24)/t12-/m0/s1. The molecule has 8 nitrogen and oxygen atoms in total. The fourth-order valence-corrected chi connectivity index (χ4v) is 3.39. The number of aromatic amines is 1. The highest BCUT2D eigenvalue weighted by Crippen LogP contribution is 2.19. The van der Waals surface area contributed by atoms with Gasteiger partial charge in [-0.25, -0.2) is 4.79 Å². The van der Waals surface area contributed by atoms with Crippen LogP contribution < -0.4 is 5.69 Å². The predicted molar refractivity (Wildman–Crippen MR) is 87.3 cm³/mol. The lowest BCUT2D eigenvalue weighted by molar-refractivity contribution is -0.132. The number of likely N-dealkylation sites (tertiary alicyclic amines) is 1. The number of H-pyrrole nitrogens is 1. The van der Waals surface area contributed by atoms with E-state index in [1.165, 1.54) is 4.57 Å². The van der Waals surface area contributed by atoms with Gasteiger partial charge >= 0.3 is 5.69 Å². The van der Waals surface area contributed by atoms with Crippen LogP contribution in [0.4, 0.5) is 0 Å². The zero-order valence-electron chi connectivity index (χ0n) is 13.1. The van der Waals surface area contributed by atoms with E-state index in [4.69, 9.17) is 0 Å². The number of imidazole rings is 1. The molecule has 3 aromatic rings. The summed E-state index contributed by atoms with van der Waals surface area (Å²) in [4.78, 5) is 29.5. The number of hydrogen-bond donors (Lipinski definition) is 1. The number of hydrogen-bond acceptors (Lipinski definition) is 4. The maximum absolute atomic E-state index is 12.8. The average Bonchev–Trinajstić information content (AvgIpc) is 3.30. The molecule has 1 N–H and O–H groups in total. The highest BCUT2D eigenvalue weighted by atomic mass is 16.2. The SMILES string of the molecule is O=C(Cn1c(=O)[nH]c2ccccc21)N1CCC[C@H]1Cn1ccnn1. The molecule has 1 aromatic carbocycles. The topological polar surface area (TPSA) is 88.8 Å². The summed E-state index contributed by atoms with van der Waals surface area (Å²) in [5.74, 6) is -0.0375. The van der Waals surface area contributed by atoms with E-state index < -0.39 is 0 Å².